The number of nitrogens with one attached hydrogen (secondary N) is 1. The van der Waals surface area contributed by atoms with Gasteiger partial charge in [0.25, 0.3) is 0 Å². The zero-order valence-corrected chi connectivity index (χ0v) is 12.3. The predicted octanol–water partition coefficient (Wildman–Crippen LogP) is 3.52. The summed E-state index contributed by atoms with van der Waals surface area (Å²) in [6.45, 7) is 0. The van der Waals surface area contributed by atoms with E-state index in [-0.39, 0.29) is 0 Å². The van der Waals surface area contributed by atoms with Crippen molar-refractivity contribution in [2.75, 3.05) is 0 Å². The van der Waals surface area contributed by atoms with Crippen molar-refractivity contribution in [1.29, 1.82) is 0 Å². The quantitative estimate of drug-likeness (QED) is 0.787. The Morgan fingerprint density at radius 1 is 0.739 bits per heavy atom. The number of aromatic nitrogens is 1. The minimum atomic E-state index is 0.691. The number of hydrogen-bond acceptors (Lipinski definition) is 4. The molecule has 3 aromatic rings. The highest BCUT2D eigenvalue weighted by molar-refractivity contribution is 6.17. The highest BCUT2D eigenvalue weighted by Crippen LogP contribution is 2.25. The number of rotatable bonds is 2. The van der Waals surface area contributed by atoms with Crippen LogP contribution >= 0.6 is 0 Å². The van der Waals surface area contributed by atoms with Crippen LogP contribution in [0, 0.1) is 0 Å². The fourth-order valence-electron chi connectivity index (χ4n) is 2.53. The number of benzene rings is 2. The highest BCUT2D eigenvalue weighted by Gasteiger charge is 2.16. The average molecular weight is 298 g/mol. The molecule has 0 saturated heterocycles. The van der Waals surface area contributed by atoms with Gasteiger partial charge in [-0.2, -0.15) is 5.10 Å². The molecule has 1 N–H and O–H groups in total. The Morgan fingerprint density at radius 3 is 2.35 bits per heavy atom. The standard InChI is InChI=1S/C19H14N4/c1-2-7-14(8-3-1)18-16-10-4-5-11-17(16)21-19(23-22-18)15-9-6-12-20-13-15/h1-13H,(H,21,23). The Kier molecular flexibility index (Phi) is 3.41. The van der Waals surface area contributed by atoms with E-state index < -0.39 is 0 Å². The lowest BCUT2D eigenvalue weighted by atomic mass is 10.0. The van der Waals surface area contributed by atoms with E-state index in [2.05, 4.69) is 15.5 Å². The van der Waals surface area contributed by atoms with Gasteiger partial charge in [0.05, 0.1) is 11.4 Å². The first kappa shape index (κ1) is 13.4. The van der Waals surface area contributed by atoms with Gasteiger partial charge in [0.15, 0.2) is 5.84 Å². The molecular formula is C19H14N4. The van der Waals surface area contributed by atoms with E-state index in [1.807, 2.05) is 66.7 Å². The Labute approximate surface area is 134 Å². The van der Waals surface area contributed by atoms with Gasteiger partial charge >= 0.3 is 0 Å². The van der Waals surface area contributed by atoms with Gasteiger partial charge in [0.1, 0.15) is 0 Å². The van der Waals surface area contributed by atoms with Gasteiger partial charge in [0.2, 0.25) is 0 Å². The summed E-state index contributed by atoms with van der Waals surface area (Å²) in [5, 5.41) is 4.60. The van der Waals surface area contributed by atoms with Crippen LogP contribution in [0.2, 0.25) is 0 Å². The van der Waals surface area contributed by atoms with Crippen LogP contribution in [0.1, 0.15) is 16.7 Å². The van der Waals surface area contributed by atoms with E-state index in [9.17, 15) is 0 Å². The fraction of sp³-hybridized carbons (Fsp3) is 0. The molecule has 0 atom stereocenters. The third kappa shape index (κ3) is 2.62. The van der Waals surface area contributed by atoms with E-state index in [0.29, 0.717) is 5.84 Å². The maximum Gasteiger partial charge on any atom is 0.155 e. The molecule has 0 fully saturated rings. The average Bonchev–Trinajstić information content (AvgIpc) is 2.83. The molecule has 0 radical (unpaired) electrons. The number of aliphatic imine (C=N–C) groups is 1. The molecule has 0 saturated carbocycles. The summed E-state index contributed by atoms with van der Waals surface area (Å²) in [6, 6.07) is 22.0. The van der Waals surface area contributed by atoms with Gasteiger partial charge in [-0.15, -0.1) is 0 Å². The summed E-state index contributed by atoms with van der Waals surface area (Å²) in [5.41, 5.74) is 7.82. The van der Waals surface area contributed by atoms with Crippen LogP contribution in [-0.4, -0.2) is 16.5 Å². The summed E-state index contributed by atoms with van der Waals surface area (Å²) >= 11 is 0. The Bertz CT molecular complexity index is 884. The third-order valence-electron chi connectivity index (χ3n) is 3.65. The molecule has 1 aromatic heterocycles. The molecule has 4 heteroatoms. The van der Waals surface area contributed by atoms with E-state index in [4.69, 9.17) is 4.99 Å². The topological polar surface area (TPSA) is 49.6 Å². The van der Waals surface area contributed by atoms with Gasteiger partial charge < -0.3 is 0 Å². The maximum absolute atomic E-state index is 4.74. The van der Waals surface area contributed by atoms with Gasteiger partial charge in [-0.05, 0) is 18.2 Å². The number of amidine groups is 1. The molecule has 2 heterocycles. The summed E-state index contributed by atoms with van der Waals surface area (Å²) in [4.78, 5) is 8.89. The van der Waals surface area contributed by atoms with E-state index >= 15 is 0 Å². The lowest BCUT2D eigenvalue weighted by molar-refractivity contribution is 1.03. The summed E-state index contributed by atoms with van der Waals surface area (Å²) in [6.07, 6.45) is 3.52. The molecule has 1 aliphatic rings. The lowest BCUT2D eigenvalue weighted by Crippen LogP contribution is -2.19. The zero-order valence-electron chi connectivity index (χ0n) is 12.3. The van der Waals surface area contributed by atoms with Crippen molar-refractivity contribution >= 4 is 17.2 Å². The first-order chi connectivity index (χ1) is 11.4. The van der Waals surface area contributed by atoms with Crippen LogP contribution in [0.5, 0.6) is 0 Å². The second-order valence-corrected chi connectivity index (χ2v) is 5.16. The van der Waals surface area contributed by atoms with Crippen molar-refractivity contribution in [1.82, 2.24) is 10.4 Å². The number of para-hydroxylation sites is 1. The SMILES string of the molecule is c1ccc(C2=NNC(c3cccnc3)=Nc3ccccc32)cc1. The van der Waals surface area contributed by atoms with Crippen molar-refractivity contribution in [2.45, 2.75) is 0 Å². The van der Waals surface area contributed by atoms with Crippen LogP contribution in [0.25, 0.3) is 0 Å². The molecule has 110 valence electrons. The highest BCUT2D eigenvalue weighted by atomic mass is 15.3. The lowest BCUT2D eigenvalue weighted by Gasteiger charge is -2.06. The molecule has 1 aliphatic heterocycles. The van der Waals surface area contributed by atoms with Crippen LogP contribution in [0.15, 0.2) is 89.2 Å². The largest absolute Gasteiger partial charge is 0.264 e. The van der Waals surface area contributed by atoms with Crippen molar-refractivity contribution < 1.29 is 0 Å². The normalized spacial score (nSPS) is 13.2. The zero-order chi connectivity index (χ0) is 15.5. The Morgan fingerprint density at radius 2 is 1.52 bits per heavy atom. The first-order valence-electron chi connectivity index (χ1n) is 7.39. The summed E-state index contributed by atoms with van der Waals surface area (Å²) < 4.78 is 0. The first-order valence-corrected chi connectivity index (χ1v) is 7.39. The van der Waals surface area contributed by atoms with Crippen molar-refractivity contribution in [3.63, 3.8) is 0 Å². The number of fused-ring (bicyclic) bond motifs is 1. The van der Waals surface area contributed by atoms with Crippen LogP contribution in [0.3, 0.4) is 0 Å². The maximum atomic E-state index is 4.74. The molecule has 23 heavy (non-hydrogen) atoms. The number of hydrazone groups is 1. The van der Waals surface area contributed by atoms with E-state index in [1.54, 1.807) is 12.4 Å². The summed E-state index contributed by atoms with van der Waals surface area (Å²) in [7, 11) is 0. The second kappa shape index (κ2) is 5.85. The predicted molar refractivity (Wildman–Crippen MR) is 92.1 cm³/mol. The van der Waals surface area contributed by atoms with Crippen molar-refractivity contribution in [3.8, 4) is 0 Å². The molecular weight excluding hydrogens is 284 g/mol. The van der Waals surface area contributed by atoms with Crippen LogP contribution in [0.4, 0.5) is 5.69 Å². The van der Waals surface area contributed by atoms with Gasteiger partial charge in [-0.1, -0.05) is 48.5 Å². The van der Waals surface area contributed by atoms with Crippen molar-refractivity contribution in [3.05, 3.63) is 95.8 Å². The minimum Gasteiger partial charge on any atom is -0.264 e. The van der Waals surface area contributed by atoms with Gasteiger partial charge in [-0.25, -0.2) is 4.99 Å². The molecule has 0 unspecified atom stereocenters. The molecule has 0 amide bonds. The molecule has 0 aliphatic carbocycles. The molecule has 4 rings (SSSR count). The fourth-order valence-corrected chi connectivity index (χ4v) is 2.53. The Balaban J connectivity index is 1.87. The monoisotopic (exact) mass is 298 g/mol. The molecule has 0 bridgehead atoms. The van der Waals surface area contributed by atoms with E-state index in [1.165, 1.54) is 0 Å². The minimum absolute atomic E-state index is 0.691. The van der Waals surface area contributed by atoms with Crippen LogP contribution in [-0.2, 0) is 0 Å². The number of nitrogens with zero attached hydrogens (tertiary/aromatic N) is 3. The molecule has 2 aromatic carbocycles. The summed E-state index contributed by atoms with van der Waals surface area (Å²) in [5.74, 6) is 0.691. The number of pyridine rings is 1. The van der Waals surface area contributed by atoms with Gasteiger partial charge in [-0.3, -0.25) is 10.4 Å². The molecule has 0 spiro atoms. The van der Waals surface area contributed by atoms with Crippen molar-refractivity contribution in [2.24, 2.45) is 10.1 Å². The van der Waals surface area contributed by atoms with Crippen LogP contribution < -0.4 is 5.43 Å². The number of hydrogen-bond donors (Lipinski definition) is 1. The molecule has 4 nitrogen and oxygen atoms in total. The Hall–Kier alpha value is -3.27. The van der Waals surface area contributed by atoms with E-state index in [0.717, 1.165) is 28.1 Å². The third-order valence-corrected chi connectivity index (χ3v) is 3.65. The van der Waals surface area contributed by atoms with Gasteiger partial charge in [0, 0.05) is 29.1 Å². The smallest absolute Gasteiger partial charge is 0.155 e. The second-order valence-electron chi connectivity index (χ2n) is 5.16.